The van der Waals surface area contributed by atoms with Gasteiger partial charge in [0.15, 0.2) is 0 Å². The normalized spacial score (nSPS) is 19.1. The van der Waals surface area contributed by atoms with Gasteiger partial charge in [-0.05, 0) is 24.1 Å². The molecule has 3 nitrogen and oxygen atoms in total. The van der Waals surface area contributed by atoms with Crippen LogP contribution < -0.4 is 4.90 Å². The number of rotatable bonds is 2. The molecule has 0 radical (unpaired) electrons. The molecule has 2 rings (SSSR count). The van der Waals surface area contributed by atoms with Gasteiger partial charge in [-0.3, -0.25) is 4.79 Å². The summed E-state index contributed by atoms with van der Waals surface area (Å²) in [6, 6.07) is 6.18. The van der Waals surface area contributed by atoms with Crippen molar-refractivity contribution in [3.63, 3.8) is 0 Å². The Morgan fingerprint density at radius 1 is 1.67 bits per heavy atom. The average Bonchev–Trinajstić information content (AvgIpc) is 2.44. The molecule has 80 valence electrons. The summed E-state index contributed by atoms with van der Waals surface area (Å²) < 4.78 is 1.03. The SMILES string of the molecule is CN1c2cc(Br)ccc2CC1CC(=O)O. The summed E-state index contributed by atoms with van der Waals surface area (Å²) in [4.78, 5) is 12.7. The molecule has 1 aliphatic rings. The number of fused-ring (bicyclic) bond motifs is 1. The standard InChI is InChI=1S/C11H12BrNO2/c1-13-9(6-11(14)15)4-7-2-3-8(12)5-10(7)13/h2-3,5,9H,4,6H2,1H3,(H,14,15). The van der Waals surface area contributed by atoms with E-state index < -0.39 is 5.97 Å². The molecule has 1 aliphatic heterocycles. The topological polar surface area (TPSA) is 40.5 Å². The molecule has 0 fully saturated rings. The molecule has 0 aliphatic carbocycles. The van der Waals surface area contributed by atoms with E-state index in [9.17, 15) is 4.79 Å². The molecule has 0 bridgehead atoms. The zero-order valence-corrected chi connectivity index (χ0v) is 9.99. The molecule has 0 saturated carbocycles. The minimum atomic E-state index is -0.737. The van der Waals surface area contributed by atoms with E-state index in [1.807, 2.05) is 24.1 Å². The lowest BCUT2D eigenvalue weighted by Gasteiger charge is -2.20. The van der Waals surface area contributed by atoms with E-state index in [0.29, 0.717) is 0 Å². The van der Waals surface area contributed by atoms with E-state index in [-0.39, 0.29) is 12.5 Å². The summed E-state index contributed by atoms with van der Waals surface area (Å²) >= 11 is 3.42. The average molecular weight is 270 g/mol. The summed E-state index contributed by atoms with van der Waals surface area (Å²) in [7, 11) is 1.95. The van der Waals surface area contributed by atoms with Crippen molar-refractivity contribution in [3.05, 3.63) is 28.2 Å². The molecule has 1 atom stereocenters. The van der Waals surface area contributed by atoms with Gasteiger partial charge in [0.25, 0.3) is 0 Å². The smallest absolute Gasteiger partial charge is 0.305 e. The van der Waals surface area contributed by atoms with Gasteiger partial charge in [-0.15, -0.1) is 0 Å². The maximum absolute atomic E-state index is 10.7. The Balaban J connectivity index is 2.25. The number of hydrogen-bond donors (Lipinski definition) is 1. The van der Waals surface area contributed by atoms with E-state index in [0.717, 1.165) is 16.6 Å². The third-order valence-corrected chi connectivity index (χ3v) is 3.33. The molecule has 0 spiro atoms. The largest absolute Gasteiger partial charge is 0.481 e. The fourth-order valence-corrected chi connectivity index (χ4v) is 2.39. The van der Waals surface area contributed by atoms with Gasteiger partial charge in [0.2, 0.25) is 0 Å². The highest BCUT2D eigenvalue weighted by atomic mass is 79.9. The minimum absolute atomic E-state index is 0.0896. The second-order valence-electron chi connectivity index (χ2n) is 3.84. The Morgan fingerprint density at radius 2 is 2.40 bits per heavy atom. The monoisotopic (exact) mass is 269 g/mol. The summed E-state index contributed by atoms with van der Waals surface area (Å²) in [6.45, 7) is 0. The highest BCUT2D eigenvalue weighted by molar-refractivity contribution is 9.10. The van der Waals surface area contributed by atoms with Gasteiger partial charge in [0, 0.05) is 23.2 Å². The Bertz CT molecular complexity index is 406. The highest BCUT2D eigenvalue weighted by Gasteiger charge is 2.27. The molecule has 0 amide bonds. The maximum atomic E-state index is 10.7. The van der Waals surface area contributed by atoms with E-state index in [1.165, 1.54) is 5.56 Å². The van der Waals surface area contributed by atoms with Gasteiger partial charge in [-0.25, -0.2) is 0 Å². The van der Waals surface area contributed by atoms with Gasteiger partial charge in [0.1, 0.15) is 0 Å². The fraction of sp³-hybridized carbons (Fsp3) is 0.364. The fourth-order valence-electron chi connectivity index (χ4n) is 2.04. The van der Waals surface area contributed by atoms with Gasteiger partial charge in [-0.2, -0.15) is 0 Å². The van der Waals surface area contributed by atoms with E-state index in [4.69, 9.17) is 5.11 Å². The summed E-state index contributed by atoms with van der Waals surface area (Å²) in [5, 5.41) is 8.79. The van der Waals surface area contributed by atoms with Gasteiger partial charge < -0.3 is 10.0 Å². The quantitative estimate of drug-likeness (QED) is 0.896. The van der Waals surface area contributed by atoms with Crippen molar-refractivity contribution in [1.82, 2.24) is 0 Å². The van der Waals surface area contributed by atoms with Crippen LogP contribution in [-0.2, 0) is 11.2 Å². The zero-order valence-electron chi connectivity index (χ0n) is 8.40. The first-order valence-electron chi connectivity index (χ1n) is 4.81. The van der Waals surface area contributed by atoms with Crippen LogP contribution in [-0.4, -0.2) is 24.2 Å². The van der Waals surface area contributed by atoms with Crippen LogP contribution in [0.2, 0.25) is 0 Å². The molecule has 1 N–H and O–H groups in total. The van der Waals surface area contributed by atoms with Crippen LogP contribution in [0.1, 0.15) is 12.0 Å². The molecule has 15 heavy (non-hydrogen) atoms. The zero-order chi connectivity index (χ0) is 11.0. The molecule has 1 unspecified atom stereocenters. The number of carboxylic acids is 1. The third-order valence-electron chi connectivity index (χ3n) is 2.84. The molecule has 4 heteroatoms. The number of halogens is 1. The number of anilines is 1. The molecule has 0 saturated heterocycles. The first-order chi connectivity index (χ1) is 7.08. The van der Waals surface area contributed by atoms with Crippen LogP contribution in [0.25, 0.3) is 0 Å². The van der Waals surface area contributed by atoms with Gasteiger partial charge in [-0.1, -0.05) is 22.0 Å². The van der Waals surface area contributed by atoms with Crippen molar-refractivity contribution in [2.75, 3.05) is 11.9 Å². The number of benzene rings is 1. The summed E-state index contributed by atoms with van der Waals surface area (Å²) in [6.07, 6.45) is 1.02. The Labute approximate surface area is 96.8 Å². The van der Waals surface area contributed by atoms with Crippen LogP contribution in [0.5, 0.6) is 0 Å². The van der Waals surface area contributed by atoms with Crippen molar-refractivity contribution in [3.8, 4) is 0 Å². The van der Waals surface area contributed by atoms with Crippen molar-refractivity contribution in [2.24, 2.45) is 0 Å². The Kier molecular flexibility index (Phi) is 2.69. The third kappa shape index (κ3) is 2.00. The van der Waals surface area contributed by atoms with Gasteiger partial charge >= 0.3 is 5.97 Å². The van der Waals surface area contributed by atoms with Crippen LogP contribution in [0.15, 0.2) is 22.7 Å². The lowest BCUT2D eigenvalue weighted by Crippen LogP contribution is -2.30. The molecular weight excluding hydrogens is 258 g/mol. The number of carbonyl (C=O) groups is 1. The number of carboxylic acid groups (broad SMARTS) is 1. The minimum Gasteiger partial charge on any atom is -0.481 e. The summed E-state index contributed by atoms with van der Waals surface area (Å²) in [5.74, 6) is -0.737. The van der Waals surface area contributed by atoms with E-state index >= 15 is 0 Å². The predicted octanol–water partition coefficient (Wildman–Crippen LogP) is 2.28. The number of likely N-dealkylation sites (N-methyl/N-ethyl adjacent to an activating group) is 1. The van der Waals surface area contributed by atoms with Crippen LogP contribution in [0, 0.1) is 0 Å². The maximum Gasteiger partial charge on any atom is 0.305 e. The summed E-state index contributed by atoms with van der Waals surface area (Å²) in [5.41, 5.74) is 2.36. The van der Waals surface area contributed by atoms with Crippen molar-refractivity contribution in [1.29, 1.82) is 0 Å². The second-order valence-corrected chi connectivity index (χ2v) is 4.76. The van der Waals surface area contributed by atoms with Gasteiger partial charge in [0.05, 0.1) is 6.42 Å². The number of aliphatic carboxylic acids is 1. The molecule has 0 aromatic heterocycles. The number of nitrogens with zero attached hydrogens (tertiary/aromatic N) is 1. The van der Waals surface area contributed by atoms with Crippen molar-refractivity contribution in [2.45, 2.75) is 18.9 Å². The predicted molar refractivity (Wildman–Crippen MR) is 62.3 cm³/mol. The molecule has 1 aromatic carbocycles. The first kappa shape index (κ1) is 10.5. The van der Waals surface area contributed by atoms with E-state index in [2.05, 4.69) is 22.0 Å². The number of hydrogen-bond acceptors (Lipinski definition) is 2. The molecule has 1 heterocycles. The second kappa shape index (κ2) is 3.85. The van der Waals surface area contributed by atoms with Crippen molar-refractivity contribution >= 4 is 27.6 Å². The lowest BCUT2D eigenvalue weighted by molar-refractivity contribution is -0.137. The molecule has 1 aromatic rings. The Hall–Kier alpha value is -1.03. The lowest BCUT2D eigenvalue weighted by atomic mass is 10.1. The van der Waals surface area contributed by atoms with Crippen LogP contribution in [0.3, 0.4) is 0 Å². The molecular formula is C11H12BrNO2. The van der Waals surface area contributed by atoms with Crippen LogP contribution in [0.4, 0.5) is 5.69 Å². The van der Waals surface area contributed by atoms with Crippen molar-refractivity contribution < 1.29 is 9.90 Å². The Morgan fingerprint density at radius 3 is 3.07 bits per heavy atom. The highest BCUT2D eigenvalue weighted by Crippen LogP contribution is 2.34. The van der Waals surface area contributed by atoms with Crippen LogP contribution >= 0.6 is 15.9 Å². The van der Waals surface area contributed by atoms with E-state index in [1.54, 1.807) is 0 Å². The first-order valence-corrected chi connectivity index (χ1v) is 5.60.